The van der Waals surface area contributed by atoms with Gasteiger partial charge in [-0.1, -0.05) is 13.8 Å². The van der Waals surface area contributed by atoms with Crippen LogP contribution in [0.1, 0.15) is 30.7 Å². The number of rotatable bonds is 5. The minimum absolute atomic E-state index is 0.612. The smallest absolute Gasteiger partial charge is 0.191 e. The van der Waals surface area contributed by atoms with Crippen molar-refractivity contribution in [2.45, 2.75) is 34.2 Å². The molecule has 0 saturated carbocycles. The lowest BCUT2D eigenvalue weighted by molar-refractivity contribution is 0.615. The molecule has 96 valence electrons. The van der Waals surface area contributed by atoms with Gasteiger partial charge in [0, 0.05) is 24.2 Å². The minimum atomic E-state index is 0.612. The highest BCUT2D eigenvalue weighted by Gasteiger charge is 2.01. The number of hydrogen-bond donors (Lipinski definition) is 2. The minimum Gasteiger partial charge on any atom is -0.357 e. The number of hydrogen-bond acceptors (Lipinski definition) is 3. The SMILES string of the molecule is CCNC(=NCc1ncc(C)s1)NCC(C)C. The van der Waals surface area contributed by atoms with E-state index >= 15 is 0 Å². The average Bonchev–Trinajstić information content (AvgIpc) is 2.68. The van der Waals surface area contributed by atoms with Gasteiger partial charge in [-0.15, -0.1) is 11.3 Å². The van der Waals surface area contributed by atoms with Crippen LogP contribution in [0.2, 0.25) is 0 Å². The van der Waals surface area contributed by atoms with E-state index in [1.54, 1.807) is 11.3 Å². The van der Waals surface area contributed by atoms with Gasteiger partial charge in [-0.05, 0) is 19.8 Å². The molecular weight excluding hydrogens is 232 g/mol. The molecule has 0 bridgehead atoms. The Kier molecular flexibility index (Phi) is 5.97. The lowest BCUT2D eigenvalue weighted by Crippen LogP contribution is -2.39. The average molecular weight is 254 g/mol. The zero-order chi connectivity index (χ0) is 12.7. The summed E-state index contributed by atoms with van der Waals surface area (Å²) >= 11 is 1.70. The van der Waals surface area contributed by atoms with Gasteiger partial charge in [0.05, 0.1) is 6.54 Å². The van der Waals surface area contributed by atoms with E-state index in [1.165, 1.54) is 4.88 Å². The molecule has 0 amide bonds. The summed E-state index contributed by atoms with van der Waals surface area (Å²) < 4.78 is 0. The van der Waals surface area contributed by atoms with E-state index in [2.05, 4.69) is 48.3 Å². The fraction of sp³-hybridized carbons (Fsp3) is 0.667. The van der Waals surface area contributed by atoms with Crippen LogP contribution in [0.25, 0.3) is 0 Å². The molecule has 0 spiro atoms. The number of nitrogens with zero attached hydrogens (tertiary/aromatic N) is 2. The van der Waals surface area contributed by atoms with Crippen molar-refractivity contribution in [3.63, 3.8) is 0 Å². The molecule has 0 aliphatic carbocycles. The van der Waals surface area contributed by atoms with Crippen molar-refractivity contribution in [1.29, 1.82) is 0 Å². The first-order valence-electron chi connectivity index (χ1n) is 6.05. The Morgan fingerprint density at radius 3 is 2.76 bits per heavy atom. The van der Waals surface area contributed by atoms with Crippen molar-refractivity contribution in [3.8, 4) is 0 Å². The van der Waals surface area contributed by atoms with E-state index in [0.29, 0.717) is 12.5 Å². The number of thiazole rings is 1. The van der Waals surface area contributed by atoms with Crippen LogP contribution in [0.15, 0.2) is 11.2 Å². The van der Waals surface area contributed by atoms with E-state index in [1.807, 2.05) is 6.20 Å². The molecule has 1 aromatic rings. The van der Waals surface area contributed by atoms with E-state index in [9.17, 15) is 0 Å². The van der Waals surface area contributed by atoms with Gasteiger partial charge in [0.15, 0.2) is 5.96 Å². The van der Waals surface area contributed by atoms with Gasteiger partial charge in [0.1, 0.15) is 5.01 Å². The molecular formula is C12H22N4S. The Balaban J connectivity index is 2.50. The third-order valence-electron chi connectivity index (χ3n) is 2.06. The van der Waals surface area contributed by atoms with Crippen molar-refractivity contribution < 1.29 is 0 Å². The van der Waals surface area contributed by atoms with E-state index in [0.717, 1.165) is 24.1 Å². The molecule has 0 aliphatic heterocycles. The van der Waals surface area contributed by atoms with Crippen molar-refractivity contribution in [1.82, 2.24) is 15.6 Å². The third kappa shape index (κ3) is 5.68. The van der Waals surface area contributed by atoms with Gasteiger partial charge < -0.3 is 10.6 Å². The molecule has 1 heterocycles. The highest BCUT2D eigenvalue weighted by atomic mass is 32.1. The Labute approximate surface area is 108 Å². The van der Waals surface area contributed by atoms with Crippen LogP contribution in [-0.4, -0.2) is 24.0 Å². The lowest BCUT2D eigenvalue weighted by atomic mass is 10.2. The van der Waals surface area contributed by atoms with Crippen LogP contribution in [0.5, 0.6) is 0 Å². The van der Waals surface area contributed by atoms with E-state index < -0.39 is 0 Å². The monoisotopic (exact) mass is 254 g/mol. The fourth-order valence-corrected chi connectivity index (χ4v) is 1.98. The van der Waals surface area contributed by atoms with Crippen molar-refractivity contribution in [3.05, 3.63) is 16.1 Å². The molecule has 0 aromatic carbocycles. The molecule has 0 radical (unpaired) electrons. The fourth-order valence-electron chi connectivity index (χ4n) is 1.26. The first kappa shape index (κ1) is 14.0. The summed E-state index contributed by atoms with van der Waals surface area (Å²) in [7, 11) is 0. The summed E-state index contributed by atoms with van der Waals surface area (Å²) in [4.78, 5) is 10.0. The molecule has 0 unspecified atom stereocenters. The Hall–Kier alpha value is -1.10. The number of aliphatic imine (C=N–C) groups is 1. The van der Waals surface area contributed by atoms with E-state index in [-0.39, 0.29) is 0 Å². The first-order valence-corrected chi connectivity index (χ1v) is 6.87. The maximum Gasteiger partial charge on any atom is 0.191 e. The molecule has 0 aliphatic rings. The van der Waals surface area contributed by atoms with Crippen molar-refractivity contribution in [2.24, 2.45) is 10.9 Å². The van der Waals surface area contributed by atoms with Gasteiger partial charge in [-0.3, -0.25) is 0 Å². The second-order valence-corrected chi connectivity index (χ2v) is 5.65. The second kappa shape index (κ2) is 7.27. The number of aryl methyl sites for hydroxylation is 1. The molecule has 4 nitrogen and oxygen atoms in total. The van der Waals surface area contributed by atoms with Gasteiger partial charge in [0.25, 0.3) is 0 Å². The molecule has 0 saturated heterocycles. The molecule has 5 heteroatoms. The Morgan fingerprint density at radius 1 is 1.47 bits per heavy atom. The van der Waals surface area contributed by atoms with Gasteiger partial charge in [-0.25, -0.2) is 9.98 Å². The molecule has 17 heavy (non-hydrogen) atoms. The summed E-state index contributed by atoms with van der Waals surface area (Å²) in [5.74, 6) is 1.48. The first-order chi connectivity index (χ1) is 8.11. The summed E-state index contributed by atoms with van der Waals surface area (Å²) in [6.45, 7) is 10.9. The third-order valence-corrected chi connectivity index (χ3v) is 2.96. The topological polar surface area (TPSA) is 49.3 Å². The molecule has 0 fully saturated rings. The largest absolute Gasteiger partial charge is 0.357 e. The van der Waals surface area contributed by atoms with E-state index in [4.69, 9.17) is 0 Å². The Morgan fingerprint density at radius 2 is 2.24 bits per heavy atom. The standard InChI is InChI=1S/C12H22N4S/c1-5-13-12(15-6-9(2)3)16-8-11-14-7-10(4)17-11/h7,9H,5-6,8H2,1-4H3,(H2,13,15,16). The zero-order valence-corrected chi connectivity index (χ0v) is 11.9. The molecule has 1 rings (SSSR count). The van der Waals surface area contributed by atoms with Gasteiger partial charge in [0.2, 0.25) is 0 Å². The molecule has 1 aromatic heterocycles. The highest BCUT2D eigenvalue weighted by Crippen LogP contribution is 2.11. The van der Waals surface area contributed by atoms with Crippen LogP contribution < -0.4 is 10.6 Å². The Bertz CT molecular complexity index is 357. The maximum atomic E-state index is 4.51. The van der Waals surface area contributed by atoms with Crippen LogP contribution in [0, 0.1) is 12.8 Å². The summed E-state index contributed by atoms with van der Waals surface area (Å²) in [6, 6.07) is 0. The maximum absolute atomic E-state index is 4.51. The normalized spacial score (nSPS) is 11.9. The van der Waals surface area contributed by atoms with Crippen LogP contribution >= 0.6 is 11.3 Å². The lowest BCUT2D eigenvalue weighted by Gasteiger charge is -2.12. The second-order valence-electron chi connectivity index (χ2n) is 4.33. The molecule has 2 N–H and O–H groups in total. The van der Waals surface area contributed by atoms with Crippen LogP contribution in [-0.2, 0) is 6.54 Å². The predicted molar refractivity (Wildman–Crippen MR) is 74.5 cm³/mol. The van der Waals surface area contributed by atoms with Crippen molar-refractivity contribution in [2.75, 3.05) is 13.1 Å². The van der Waals surface area contributed by atoms with Crippen molar-refractivity contribution >= 4 is 17.3 Å². The quantitative estimate of drug-likeness (QED) is 0.625. The zero-order valence-electron chi connectivity index (χ0n) is 11.1. The predicted octanol–water partition coefficient (Wildman–Crippen LogP) is 2.16. The summed E-state index contributed by atoms with van der Waals surface area (Å²) in [6.07, 6.45) is 1.89. The molecule has 0 atom stereocenters. The van der Waals surface area contributed by atoms with Crippen LogP contribution in [0.3, 0.4) is 0 Å². The van der Waals surface area contributed by atoms with Gasteiger partial charge in [-0.2, -0.15) is 0 Å². The van der Waals surface area contributed by atoms with Gasteiger partial charge >= 0.3 is 0 Å². The van der Waals surface area contributed by atoms with Crippen LogP contribution in [0.4, 0.5) is 0 Å². The number of nitrogens with one attached hydrogen (secondary N) is 2. The number of aromatic nitrogens is 1. The summed E-state index contributed by atoms with van der Waals surface area (Å²) in [5, 5.41) is 7.60. The number of guanidine groups is 1. The highest BCUT2D eigenvalue weighted by molar-refractivity contribution is 7.11. The summed E-state index contributed by atoms with van der Waals surface area (Å²) in [5.41, 5.74) is 0.